The predicted octanol–water partition coefficient (Wildman–Crippen LogP) is 3.98. The molecule has 2 rings (SSSR count). The number of oxime groups is 1. The minimum Gasteiger partial charge on any atom is -0.452 e. The number of para-hydroxylation sites is 1. The van der Waals surface area contributed by atoms with Gasteiger partial charge in [-0.25, -0.2) is 0 Å². The summed E-state index contributed by atoms with van der Waals surface area (Å²) < 4.78 is 44.0. The highest BCUT2D eigenvalue weighted by Gasteiger charge is 2.46. The molecule has 0 fully saturated rings. The Kier molecular flexibility index (Phi) is 4.19. The van der Waals surface area contributed by atoms with Gasteiger partial charge in [-0.2, -0.15) is 13.2 Å². The van der Waals surface area contributed by atoms with Gasteiger partial charge in [-0.05, 0) is 6.07 Å². The third kappa shape index (κ3) is 3.50. The number of benzene rings is 1. The zero-order valence-electron chi connectivity index (χ0n) is 13.0. The Hall–Kier alpha value is -2.02. The van der Waals surface area contributed by atoms with E-state index in [-0.39, 0.29) is 23.4 Å². The van der Waals surface area contributed by atoms with E-state index in [1.54, 1.807) is 26.8 Å². The number of allylic oxidation sites excluding steroid dienone is 1. The van der Waals surface area contributed by atoms with Gasteiger partial charge in [0.25, 0.3) is 0 Å². The lowest BCUT2D eigenvalue weighted by Gasteiger charge is -2.35. The van der Waals surface area contributed by atoms with Crippen molar-refractivity contribution in [3.05, 3.63) is 41.7 Å². The van der Waals surface area contributed by atoms with E-state index in [1.165, 1.54) is 18.2 Å². The number of alkyl halides is 3. The van der Waals surface area contributed by atoms with Crippen LogP contribution in [0.4, 0.5) is 13.2 Å². The molecule has 0 saturated heterocycles. The fraction of sp³-hybridized carbons (Fsp3) is 0.438. The second-order valence-corrected chi connectivity index (χ2v) is 6.50. The van der Waals surface area contributed by atoms with Crippen molar-refractivity contribution in [1.82, 2.24) is 0 Å². The number of halogens is 3. The molecule has 1 unspecified atom stereocenters. The fourth-order valence-corrected chi connectivity index (χ4v) is 2.35. The molecule has 0 saturated carbocycles. The lowest BCUT2D eigenvalue weighted by atomic mass is 9.78. The number of ether oxygens (including phenoxy) is 1. The summed E-state index contributed by atoms with van der Waals surface area (Å²) in [6.45, 7) is 5.22. The molecule has 0 amide bonds. The largest absolute Gasteiger partial charge is 0.452 e. The Morgan fingerprint density at radius 3 is 2.35 bits per heavy atom. The first-order valence-corrected chi connectivity index (χ1v) is 6.98. The zero-order chi connectivity index (χ0) is 17.5. The van der Waals surface area contributed by atoms with E-state index in [4.69, 9.17) is 4.74 Å². The average molecular weight is 329 g/mol. The van der Waals surface area contributed by atoms with E-state index < -0.39 is 23.0 Å². The summed E-state index contributed by atoms with van der Waals surface area (Å²) in [5.41, 5.74) is -2.23. The van der Waals surface area contributed by atoms with Crippen LogP contribution in [0.1, 0.15) is 32.8 Å². The molecule has 1 heterocycles. The van der Waals surface area contributed by atoms with Gasteiger partial charge in [-0.1, -0.05) is 44.1 Å². The number of rotatable bonds is 2. The summed E-state index contributed by atoms with van der Waals surface area (Å²) in [7, 11) is 0. The van der Waals surface area contributed by atoms with Crippen LogP contribution in [0.2, 0.25) is 0 Å². The molecule has 7 heteroatoms. The molecule has 0 radical (unpaired) electrons. The molecule has 0 spiro atoms. The first-order chi connectivity index (χ1) is 10.5. The van der Waals surface area contributed by atoms with E-state index in [1.807, 2.05) is 0 Å². The maximum atomic E-state index is 13.0. The van der Waals surface area contributed by atoms with E-state index in [0.717, 1.165) is 0 Å². The molecule has 2 N–H and O–H groups in total. The van der Waals surface area contributed by atoms with Crippen LogP contribution in [0.15, 0.2) is 41.3 Å². The molecule has 4 nitrogen and oxygen atoms in total. The predicted molar refractivity (Wildman–Crippen MR) is 78.4 cm³/mol. The molecule has 0 bridgehead atoms. The SMILES string of the molecule is CC(C)(C)/C(CC1(O)C=C(C(F)(F)F)Oc2ccccc21)=N\O. The van der Waals surface area contributed by atoms with Gasteiger partial charge in [0.15, 0.2) is 0 Å². The topological polar surface area (TPSA) is 62.0 Å². The molecule has 1 aliphatic rings. The fourth-order valence-electron chi connectivity index (χ4n) is 2.35. The summed E-state index contributed by atoms with van der Waals surface area (Å²) in [4.78, 5) is 0. The monoisotopic (exact) mass is 329 g/mol. The van der Waals surface area contributed by atoms with Gasteiger partial charge in [-0.3, -0.25) is 0 Å². The summed E-state index contributed by atoms with van der Waals surface area (Å²) in [6, 6.07) is 5.94. The first kappa shape index (κ1) is 17.3. The summed E-state index contributed by atoms with van der Waals surface area (Å²) in [5.74, 6) is -1.36. The van der Waals surface area contributed by atoms with Crippen molar-refractivity contribution in [3.8, 4) is 5.75 Å². The van der Waals surface area contributed by atoms with Gasteiger partial charge in [0.2, 0.25) is 5.76 Å². The number of aliphatic hydroxyl groups is 1. The molecule has 1 aliphatic heterocycles. The smallest absolute Gasteiger partial charge is 0.449 e. The van der Waals surface area contributed by atoms with Crippen LogP contribution in [0.5, 0.6) is 5.75 Å². The van der Waals surface area contributed by atoms with Gasteiger partial charge >= 0.3 is 6.18 Å². The summed E-state index contributed by atoms with van der Waals surface area (Å²) in [6.07, 6.45) is -4.39. The number of hydrogen-bond acceptors (Lipinski definition) is 4. The van der Waals surface area contributed by atoms with Gasteiger partial charge in [0.1, 0.15) is 11.4 Å². The quantitative estimate of drug-likeness (QED) is 0.490. The highest BCUT2D eigenvalue weighted by atomic mass is 19.4. The molecule has 0 aliphatic carbocycles. The molecule has 1 aromatic rings. The first-order valence-electron chi connectivity index (χ1n) is 6.98. The molecule has 1 aromatic carbocycles. The normalized spacial score (nSPS) is 22.2. The molecular weight excluding hydrogens is 311 g/mol. The Morgan fingerprint density at radius 2 is 1.83 bits per heavy atom. The highest BCUT2D eigenvalue weighted by Crippen LogP contribution is 2.44. The average Bonchev–Trinajstić information content (AvgIpc) is 2.42. The van der Waals surface area contributed by atoms with Crippen LogP contribution in [0, 0.1) is 5.41 Å². The molecule has 1 atom stereocenters. The van der Waals surface area contributed by atoms with Crippen molar-refractivity contribution in [3.63, 3.8) is 0 Å². The maximum Gasteiger partial charge on any atom is 0.449 e. The van der Waals surface area contributed by atoms with Crippen molar-refractivity contribution in [2.75, 3.05) is 0 Å². The Labute approximate surface area is 131 Å². The minimum absolute atomic E-state index is 0.0731. The van der Waals surface area contributed by atoms with Crippen LogP contribution in [-0.4, -0.2) is 22.2 Å². The minimum atomic E-state index is -4.74. The second-order valence-electron chi connectivity index (χ2n) is 6.50. The van der Waals surface area contributed by atoms with Crippen LogP contribution >= 0.6 is 0 Å². The molecule has 0 aromatic heterocycles. The van der Waals surface area contributed by atoms with Crippen molar-refractivity contribution >= 4 is 5.71 Å². The summed E-state index contributed by atoms with van der Waals surface area (Å²) in [5, 5.41) is 23.2. The Bertz CT molecular complexity index is 659. The van der Waals surface area contributed by atoms with Crippen LogP contribution < -0.4 is 4.74 Å². The van der Waals surface area contributed by atoms with E-state index in [2.05, 4.69) is 5.16 Å². The van der Waals surface area contributed by atoms with Crippen molar-refractivity contribution in [1.29, 1.82) is 0 Å². The van der Waals surface area contributed by atoms with Crippen LogP contribution in [0.3, 0.4) is 0 Å². The second kappa shape index (κ2) is 5.56. The molecule has 126 valence electrons. The molecular formula is C16H18F3NO3. The Balaban J connectivity index is 2.55. The van der Waals surface area contributed by atoms with Crippen molar-refractivity contribution in [2.45, 2.75) is 39.0 Å². The van der Waals surface area contributed by atoms with Gasteiger partial charge in [0, 0.05) is 23.5 Å². The van der Waals surface area contributed by atoms with E-state index in [9.17, 15) is 23.5 Å². The number of nitrogens with zero attached hydrogens (tertiary/aromatic N) is 1. The summed E-state index contributed by atoms with van der Waals surface area (Å²) >= 11 is 0. The zero-order valence-corrected chi connectivity index (χ0v) is 13.0. The van der Waals surface area contributed by atoms with Crippen LogP contribution in [0.25, 0.3) is 0 Å². The third-order valence-electron chi connectivity index (χ3n) is 3.65. The van der Waals surface area contributed by atoms with E-state index >= 15 is 0 Å². The Morgan fingerprint density at radius 1 is 1.22 bits per heavy atom. The third-order valence-corrected chi connectivity index (χ3v) is 3.65. The van der Waals surface area contributed by atoms with Gasteiger partial charge < -0.3 is 15.1 Å². The van der Waals surface area contributed by atoms with Gasteiger partial charge in [-0.15, -0.1) is 0 Å². The maximum absolute atomic E-state index is 13.0. The lowest BCUT2D eigenvalue weighted by Crippen LogP contribution is -2.37. The van der Waals surface area contributed by atoms with Crippen LogP contribution in [-0.2, 0) is 5.60 Å². The van der Waals surface area contributed by atoms with E-state index in [0.29, 0.717) is 6.08 Å². The van der Waals surface area contributed by atoms with Gasteiger partial charge in [0.05, 0.1) is 5.71 Å². The van der Waals surface area contributed by atoms with Crippen molar-refractivity contribution < 1.29 is 28.2 Å². The van der Waals surface area contributed by atoms with Crippen molar-refractivity contribution in [2.24, 2.45) is 10.6 Å². The lowest BCUT2D eigenvalue weighted by molar-refractivity contribution is -0.121. The molecule has 23 heavy (non-hydrogen) atoms. The number of fused-ring (bicyclic) bond motifs is 1. The highest BCUT2D eigenvalue weighted by molar-refractivity contribution is 5.90. The standard InChI is InChI=1S/C16H18F3NO3/c1-14(2,3)12(20-22)8-15(21)9-13(16(17,18)19)23-11-7-5-4-6-10(11)15/h4-7,9,21-22H,8H2,1-3H3/b20-12-. The number of hydrogen-bond donors (Lipinski definition) is 2.